The number of aromatic nitrogens is 4. The Morgan fingerprint density at radius 1 is 0.744 bits per heavy atom. The molecule has 2 unspecified atom stereocenters. The zero-order valence-corrected chi connectivity index (χ0v) is 23.5. The molecule has 6 rings (SSSR count). The minimum absolute atomic E-state index is 0. The Bertz CT molecular complexity index is 1320. The number of carbonyl (C=O) groups excluding carboxylic acids is 2. The Kier molecular flexibility index (Phi) is 13.5. The molecule has 7 heteroatoms. The van der Waals surface area contributed by atoms with Gasteiger partial charge in [0.2, 0.25) is 5.82 Å². The van der Waals surface area contributed by atoms with Gasteiger partial charge in [0.1, 0.15) is 17.1 Å². The van der Waals surface area contributed by atoms with Crippen LogP contribution in [0.4, 0.5) is 0 Å². The van der Waals surface area contributed by atoms with E-state index in [0.717, 1.165) is 34.4 Å². The third-order valence-corrected chi connectivity index (χ3v) is 6.37. The molecule has 2 aromatic heterocycles. The van der Waals surface area contributed by atoms with Crippen LogP contribution in [0.5, 0.6) is 0 Å². The Morgan fingerprint density at radius 3 is 1.92 bits per heavy atom. The molecule has 2 aliphatic rings. The van der Waals surface area contributed by atoms with E-state index in [1.807, 2.05) is 78.9 Å². The second-order valence-corrected chi connectivity index (χ2v) is 8.62. The first-order valence-electron chi connectivity index (χ1n) is 12.1. The molecule has 1 fully saturated rings. The van der Waals surface area contributed by atoms with E-state index in [1.54, 1.807) is 12.1 Å². The summed E-state index contributed by atoms with van der Waals surface area (Å²) in [6.45, 7) is 11.3. The number of benzene rings is 2. The Balaban J connectivity index is 0.000000298. The largest absolute Gasteiger partial charge is 3.00 e. The molecule has 0 N–H and O–H groups in total. The van der Waals surface area contributed by atoms with Crippen molar-refractivity contribution in [3.63, 3.8) is 0 Å². The summed E-state index contributed by atoms with van der Waals surface area (Å²) in [6.07, 6.45) is 13.5. The van der Waals surface area contributed by atoms with E-state index in [-0.39, 0.29) is 21.1 Å². The molecule has 0 saturated heterocycles. The minimum Gasteiger partial charge on any atom is -0.573 e. The molecule has 0 amide bonds. The van der Waals surface area contributed by atoms with Crippen molar-refractivity contribution in [3.05, 3.63) is 115 Å². The van der Waals surface area contributed by atoms with E-state index in [9.17, 15) is 0 Å². The molecule has 193 valence electrons. The van der Waals surface area contributed by atoms with Crippen LogP contribution in [0, 0.1) is 17.8 Å². The monoisotopic (exact) mass is 597 g/mol. The van der Waals surface area contributed by atoms with Crippen molar-refractivity contribution in [2.24, 2.45) is 11.8 Å². The molecule has 4 aromatic rings. The molecule has 2 heterocycles. The molecule has 2 aromatic carbocycles. The molecule has 2 atom stereocenters. The predicted molar refractivity (Wildman–Crippen MR) is 149 cm³/mol. The van der Waals surface area contributed by atoms with Gasteiger partial charge < -0.3 is 29.1 Å². The van der Waals surface area contributed by atoms with Gasteiger partial charge in [-0.15, -0.1) is 22.2 Å². The fraction of sp³-hybridized carbons (Fsp3) is 0.156. The van der Waals surface area contributed by atoms with E-state index in [0.29, 0.717) is 11.5 Å². The van der Waals surface area contributed by atoms with Gasteiger partial charge in [-0.25, -0.2) is 4.98 Å². The Hall–Kier alpha value is -3.89. The van der Waals surface area contributed by atoms with Crippen molar-refractivity contribution in [1.29, 1.82) is 0 Å². The number of fused-ring (bicyclic) bond motifs is 1. The fourth-order valence-electron chi connectivity index (χ4n) is 4.54. The Labute approximate surface area is 244 Å². The summed E-state index contributed by atoms with van der Waals surface area (Å²) >= 11 is 0. The second-order valence-electron chi connectivity index (χ2n) is 8.62. The summed E-state index contributed by atoms with van der Waals surface area (Å²) in [4.78, 5) is 24.1. The normalized spacial score (nSPS) is 16.5. The Morgan fingerprint density at radius 2 is 1.33 bits per heavy atom. The molecule has 0 aliphatic heterocycles. The molecule has 1 saturated carbocycles. The number of pyridine rings is 1. The average Bonchev–Trinajstić information content (AvgIpc) is 3.41. The van der Waals surface area contributed by atoms with Gasteiger partial charge >= 0.3 is 21.1 Å². The first-order chi connectivity index (χ1) is 18.8. The molecular formula is C32H27MoN4O2. The standard InChI is InChI=1S/C20H14N4.C10H13.2CO.Mo/c1-3-9-15(10-4-1)18-19(16-11-5-2-6-12-16)23-24-20(22-18)17-13-7-8-14-21-17;1-8-6-7-9-4-2-3-5-10(8)9;2*1-2;/h1-14H;2-5,9-10H,6-7H2,1H3;;;/q;3*-1;+3. The van der Waals surface area contributed by atoms with Crippen LogP contribution in [-0.2, 0) is 30.7 Å². The van der Waals surface area contributed by atoms with Gasteiger partial charge in [-0.3, -0.25) is 4.98 Å². The number of allylic oxidation sites excluding steroid dienone is 4. The van der Waals surface area contributed by atoms with Crippen molar-refractivity contribution in [1.82, 2.24) is 20.2 Å². The van der Waals surface area contributed by atoms with Crippen molar-refractivity contribution in [3.8, 4) is 34.0 Å². The zero-order chi connectivity index (χ0) is 27.2. The molecule has 2 aliphatic carbocycles. The van der Waals surface area contributed by atoms with Gasteiger partial charge in [0.05, 0.1) is 0 Å². The molecule has 0 spiro atoms. The van der Waals surface area contributed by atoms with Crippen molar-refractivity contribution < 1.29 is 30.7 Å². The summed E-state index contributed by atoms with van der Waals surface area (Å²) in [5, 5.41) is 8.74. The molecule has 0 bridgehead atoms. The average molecular weight is 596 g/mol. The number of nitrogens with zero attached hydrogens (tertiary/aromatic N) is 4. The van der Waals surface area contributed by atoms with E-state index in [4.69, 9.17) is 14.6 Å². The summed E-state index contributed by atoms with van der Waals surface area (Å²) < 4.78 is 0. The number of rotatable bonds is 3. The van der Waals surface area contributed by atoms with Crippen LogP contribution in [0.1, 0.15) is 19.8 Å². The van der Waals surface area contributed by atoms with E-state index in [1.165, 1.54) is 12.8 Å². The van der Waals surface area contributed by atoms with E-state index >= 15 is 0 Å². The second kappa shape index (κ2) is 16.8. The topological polar surface area (TPSA) is 85.7 Å². The molecule has 6 nitrogen and oxygen atoms in total. The first-order valence-corrected chi connectivity index (χ1v) is 12.1. The zero-order valence-electron chi connectivity index (χ0n) is 21.5. The van der Waals surface area contributed by atoms with E-state index < -0.39 is 0 Å². The van der Waals surface area contributed by atoms with Crippen molar-refractivity contribution in [2.75, 3.05) is 0 Å². The summed E-state index contributed by atoms with van der Waals surface area (Å²) in [5.41, 5.74) is 4.27. The van der Waals surface area contributed by atoms with Crippen LogP contribution in [0.3, 0.4) is 0 Å². The maximum atomic E-state index is 7.50. The van der Waals surface area contributed by atoms with Crippen LogP contribution in [-0.4, -0.2) is 33.7 Å². The summed E-state index contributed by atoms with van der Waals surface area (Å²) in [5.74, 6) is 3.81. The van der Waals surface area contributed by atoms with Gasteiger partial charge in [0.25, 0.3) is 0 Å². The molecule has 39 heavy (non-hydrogen) atoms. The third-order valence-electron chi connectivity index (χ3n) is 6.37. The maximum Gasteiger partial charge on any atom is 3.00 e. The van der Waals surface area contributed by atoms with Crippen molar-refractivity contribution >= 4 is 13.6 Å². The van der Waals surface area contributed by atoms with Crippen LogP contribution in [0.2, 0.25) is 0 Å². The van der Waals surface area contributed by atoms with E-state index in [2.05, 4.69) is 60.0 Å². The van der Waals surface area contributed by atoms with Crippen molar-refractivity contribution in [2.45, 2.75) is 19.8 Å². The smallest absolute Gasteiger partial charge is 0.573 e. The summed E-state index contributed by atoms with van der Waals surface area (Å²) in [6, 6.07) is 25.7. The fourth-order valence-corrected chi connectivity index (χ4v) is 4.54. The molecule has 3 radical (unpaired) electrons. The van der Waals surface area contributed by atoms with Crippen LogP contribution < -0.4 is 0 Å². The van der Waals surface area contributed by atoms with Crippen LogP contribution in [0.15, 0.2) is 109 Å². The maximum absolute atomic E-state index is 7.50. The van der Waals surface area contributed by atoms with Gasteiger partial charge in [-0.1, -0.05) is 91.4 Å². The quantitative estimate of drug-likeness (QED) is 0.207. The number of hydrogen-bond donors (Lipinski definition) is 0. The van der Waals surface area contributed by atoms with Gasteiger partial charge in [0.15, 0.2) is 0 Å². The predicted octanol–water partition coefficient (Wildman–Crippen LogP) is 6.20. The van der Waals surface area contributed by atoms with Crippen LogP contribution >= 0.6 is 0 Å². The van der Waals surface area contributed by atoms with Crippen LogP contribution in [0.25, 0.3) is 34.0 Å². The van der Waals surface area contributed by atoms with Gasteiger partial charge in [0, 0.05) is 17.3 Å². The summed E-state index contributed by atoms with van der Waals surface area (Å²) in [7, 11) is 0. The molecular weight excluding hydrogens is 568 g/mol. The van der Waals surface area contributed by atoms with Gasteiger partial charge in [-0.2, -0.15) is 13.3 Å². The minimum atomic E-state index is 0. The SMILES string of the molecule is C[C-]1CCC2C=CC=CC12.[C-]=O.[C-]=O.[Mo+3].c1ccc(-c2nnc(-c3ccccn3)nc2-c2ccccc2)cc1. The first kappa shape index (κ1) is 31.3. The van der Waals surface area contributed by atoms with Gasteiger partial charge in [-0.05, 0) is 18.1 Å². The third kappa shape index (κ3) is 8.30. The number of hydrogen-bond acceptors (Lipinski definition) is 6.